The topological polar surface area (TPSA) is 28.2 Å². The maximum Gasteiger partial charge on any atom is 0.0737 e. The van der Waals surface area contributed by atoms with Gasteiger partial charge in [0, 0.05) is 35.4 Å². The molecule has 0 bridgehead atoms. The van der Waals surface area contributed by atoms with Crippen molar-refractivity contribution in [1.29, 1.82) is 0 Å². The van der Waals surface area contributed by atoms with Crippen LogP contribution in [0.5, 0.6) is 0 Å². The fraction of sp³-hybridized carbons (Fsp3) is 0.348. The van der Waals surface area contributed by atoms with Crippen molar-refractivity contribution in [2.45, 2.75) is 26.2 Å². The van der Waals surface area contributed by atoms with Gasteiger partial charge in [0.25, 0.3) is 0 Å². The molecule has 0 amide bonds. The predicted octanol–water partition coefficient (Wildman–Crippen LogP) is 5.64. The second-order valence-electron chi connectivity index (χ2n) is 6.88. The zero-order chi connectivity index (χ0) is 18.9. The number of anilines is 1. The van der Waals surface area contributed by atoms with Crippen molar-refractivity contribution in [1.82, 2.24) is 9.88 Å². The zero-order valence-corrected chi connectivity index (χ0v) is 16.8. The molecule has 2 aromatic carbocycles. The van der Waals surface area contributed by atoms with E-state index in [1.165, 1.54) is 12.0 Å². The van der Waals surface area contributed by atoms with Gasteiger partial charge in [0.05, 0.1) is 5.52 Å². The lowest BCUT2D eigenvalue weighted by Crippen LogP contribution is -2.29. The molecular weight excluding hydrogens is 354 g/mol. The molecule has 3 nitrogen and oxygen atoms in total. The molecule has 0 aliphatic heterocycles. The van der Waals surface area contributed by atoms with Crippen LogP contribution in [0.25, 0.3) is 10.9 Å². The van der Waals surface area contributed by atoms with E-state index in [1.54, 1.807) is 0 Å². The standard InChI is InChI=1S/C23H28ClN3/c1-2-15-27(17-12-19-7-4-3-5-8-19)16-6-13-25-22-11-14-26-23-18-20(24)9-10-21(22)23/h3-5,7-11,14,18H,2,6,12-13,15-17H2,1H3,(H,25,26). The smallest absolute Gasteiger partial charge is 0.0737 e. The number of halogens is 1. The summed E-state index contributed by atoms with van der Waals surface area (Å²) in [5.41, 5.74) is 3.48. The lowest BCUT2D eigenvalue weighted by atomic mass is 10.1. The molecule has 3 rings (SSSR count). The highest BCUT2D eigenvalue weighted by Gasteiger charge is 2.06. The lowest BCUT2D eigenvalue weighted by molar-refractivity contribution is 0.276. The Labute approximate surface area is 167 Å². The number of benzene rings is 2. The highest BCUT2D eigenvalue weighted by atomic mass is 35.5. The summed E-state index contributed by atoms with van der Waals surface area (Å²) in [4.78, 5) is 6.97. The quantitative estimate of drug-likeness (QED) is 0.460. The first-order chi connectivity index (χ1) is 13.3. The number of nitrogens with zero attached hydrogens (tertiary/aromatic N) is 2. The third kappa shape index (κ3) is 5.95. The third-order valence-corrected chi connectivity index (χ3v) is 5.01. The van der Waals surface area contributed by atoms with Crippen molar-refractivity contribution >= 4 is 28.2 Å². The minimum absolute atomic E-state index is 0.723. The maximum atomic E-state index is 6.07. The summed E-state index contributed by atoms with van der Waals surface area (Å²) in [7, 11) is 0. The molecule has 3 aromatic rings. The first-order valence-corrected chi connectivity index (χ1v) is 10.2. The molecule has 4 heteroatoms. The molecule has 1 heterocycles. The zero-order valence-electron chi connectivity index (χ0n) is 16.0. The Morgan fingerprint density at radius 2 is 1.85 bits per heavy atom. The van der Waals surface area contributed by atoms with Crippen LogP contribution in [0.4, 0.5) is 5.69 Å². The van der Waals surface area contributed by atoms with Crippen LogP contribution >= 0.6 is 11.6 Å². The van der Waals surface area contributed by atoms with Crippen LogP contribution in [0.15, 0.2) is 60.8 Å². The van der Waals surface area contributed by atoms with Gasteiger partial charge in [0.15, 0.2) is 0 Å². The van der Waals surface area contributed by atoms with Crippen LogP contribution in [0.1, 0.15) is 25.3 Å². The normalized spacial score (nSPS) is 11.2. The van der Waals surface area contributed by atoms with E-state index in [4.69, 9.17) is 11.6 Å². The van der Waals surface area contributed by atoms with Gasteiger partial charge >= 0.3 is 0 Å². The highest BCUT2D eigenvalue weighted by molar-refractivity contribution is 6.31. The fourth-order valence-electron chi connectivity index (χ4n) is 3.38. The molecule has 0 radical (unpaired) electrons. The molecule has 0 saturated heterocycles. The van der Waals surface area contributed by atoms with E-state index in [0.29, 0.717) is 0 Å². The Kier molecular flexibility index (Phi) is 7.49. The number of aromatic nitrogens is 1. The van der Waals surface area contributed by atoms with E-state index < -0.39 is 0 Å². The Morgan fingerprint density at radius 1 is 1.00 bits per heavy atom. The Balaban J connectivity index is 1.49. The number of rotatable bonds is 10. The molecule has 0 aliphatic rings. The summed E-state index contributed by atoms with van der Waals surface area (Å²) in [6.45, 7) is 6.59. The molecule has 1 aromatic heterocycles. The first kappa shape index (κ1) is 19.7. The summed E-state index contributed by atoms with van der Waals surface area (Å²) < 4.78 is 0. The lowest BCUT2D eigenvalue weighted by Gasteiger charge is -2.22. The third-order valence-electron chi connectivity index (χ3n) is 4.77. The molecule has 0 saturated carbocycles. The Bertz CT molecular complexity index is 835. The summed E-state index contributed by atoms with van der Waals surface area (Å²) in [6.07, 6.45) is 5.26. The Morgan fingerprint density at radius 3 is 2.67 bits per heavy atom. The number of hydrogen-bond donors (Lipinski definition) is 1. The SMILES string of the molecule is CCCN(CCCNc1ccnc2cc(Cl)ccc12)CCc1ccccc1. The van der Waals surface area contributed by atoms with Crippen LogP contribution in [0.3, 0.4) is 0 Å². The van der Waals surface area contributed by atoms with E-state index >= 15 is 0 Å². The van der Waals surface area contributed by atoms with Gasteiger partial charge in [-0.05, 0) is 62.2 Å². The van der Waals surface area contributed by atoms with Gasteiger partial charge in [-0.15, -0.1) is 0 Å². The summed E-state index contributed by atoms with van der Waals surface area (Å²) in [5, 5.41) is 5.41. The van der Waals surface area contributed by atoms with Crippen LogP contribution in [-0.2, 0) is 6.42 Å². The predicted molar refractivity (Wildman–Crippen MR) is 117 cm³/mol. The van der Waals surface area contributed by atoms with Gasteiger partial charge < -0.3 is 10.2 Å². The second-order valence-corrected chi connectivity index (χ2v) is 7.31. The number of fused-ring (bicyclic) bond motifs is 1. The Hall–Kier alpha value is -2.10. The molecule has 0 atom stereocenters. The summed E-state index contributed by atoms with van der Waals surface area (Å²) in [5.74, 6) is 0. The number of hydrogen-bond acceptors (Lipinski definition) is 3. The van der Waals surface area contributed by atoms with Gasteiger partial charge in [-0.25, -0.2) is 0 Å². The first-order valence-electron chi connectivity index (χ1n) is 9.80. The fourth-order valence-corrected chi connectivity index (χ4v) is 3.55. The number of pyridine rings is 1. The van der Waals surface area contributed by atoms with Gasteiger partial charge in [0.1, 0.15) is 0 Å². The molecule has 142 valence electrons. The van der Waals surface area contributed by atoms with Gasteiger partial charge in [-0.3, -0.25) is 4.98 Å². The van der Waals surface area contributed by atoms with Gasteiger partial charge in [-0.1, -0.05) is 48.9 Å². The average molecular weight is 382 g/mol. The van der Waals surface area contributed by atoms with Gasteiger partial charge in [-0.2, -0.15) is 0 Å². The van der Waals surface area contributed by atoms with E-state index in [2.05, 4.69) is 52.5 Å². The van der Waals surface area contributed by atoms with Crippen LogP contribution in [-0.4, -0.2) is 36.1 Å². The molecule has 1 N–H and O–H groups in total. The average Bonchev–Trinajstić information content (AvgIpc) is 2.69. The van der Waals surface area contributed by atoms with Crippen molar-refractivity contribution < 1.29 is 0 Å². The van der Waals surface area contributed by atoms with E-state index in [1.807, 2.05) is 30.5 Å². The van der Waals surface area contributed by atoms with Crippen molar-refractivity contribution in [3.05, 3.63) is 71.4 Å². The monoisotopic (exact) mass is 381 g/mol. The van der Waals surface area contributed by atoms with Crippen molar-refractivity contribution in [3.8, 4) is 0 Å². The minimum atomic E-state index is 0.723. The molecular formula is C23H28ClN3. The van der Waals surface area contributed by atoms with E-state index in [0.717, 1.165) is 60.6 Å². The van der Waals surface area contributed by atoms with Crippen LogP contribution < -0.4 is 5.32 Å². The van der Waals surface area contributed by atoms with Crippen molar-refractivity contribution in [2.75, 3.05) is 31.5 Å². The number of nitrogens with one attached hydrogen (secondary N) is 1. The summed E-state index contributed by atoms with van der Waals surface area (Å²) >= 11 is 6.07. The van der Waals surface area contributed by atoms with E-state index in [-0.39, 0.29) is 0 Å². The summed E-state index contributed by atoms with van der Waals surface area (Å²) in [6, 6.07) is 18.7. The van der Waals surface area contributed by atoms with E-state index in [9.17, 15) is 0 Å². The highest BCUT2D eigenvalue weighted by Crippen LogP contribution is 2.24. The maximum absolute atomic E-state index is 6.07. The minimum Gasteiger partial charge on any atom is -0.384 e. The van der Waals surface area contributed by atoms with Crippen LogP contribution in [0, 0.1) is 0 Å². The van der Waals surface area contributed by atoms with Crippen molar-refractivity contribution in [3.63, 3.8) is 0 Å². The van der Waals surface area contributed by atoms with Crippen molar-refractivity contribution in [2.24, 2.45) is 0 Å². The van der Waals surface area contributed by atoms with Gasteiger partial charge in [0.2, 0.25) is 0 Å². The second kappa shape index (κ2) is 10.3. The molecule has 0 unspecified atom stereocenters. The van der Waals surface area contributed by atoms with Crippen LogP contribution in [0.2, 0.25) is 5.02 Å². The molecule has 0 aliphatic carbocycles. The largest absolute Gasteiger partial charge is 0.384 e. The molecule has 0 fully saturated rings. The molecule has 0 spiro atoms. The molecule has 27 heavy (non-hydrogen) atoms.